The van der Waals surface area contributed by atoms with Gasteiger partial charge >= 0.3 is 0 Å². The van der Waals surface area contributed by atoms with Gasteiger partial charge in [-0.15, -0.1) is 0 Å². The molecule has 0 atom stereocenters. The fourth-order valence-corrected chi connectivity index (χ4v) is 3.03. The van der Waals surface area contributed by atoms with Crippen LogP contribution >= 0.6 is 34.8 Å². The lowest BCUT2D eigenvalue weighted by Gasteiger charge is -2.27. The van der Waals surface area contributed by atoms with Crippen molar-refractivity contribution in [3.8, 4) is 5.69 Å². The molecule has 9 heteroatoms. The van der Waals surface area contributed by atoms with Crippen molar-refractivity contribution < 1.29 is 4.79 Å². The maximum Gasteiger partial charge on any atom is 0.291 e. The normalized spacial score (nSPS) is 11.4. The van der Waals surface area contributed by atoms with Crippen LogP contribution in [0.1, 0.15) is 27.7 Å². The monoisotopic (exact) mass is 430 g/mol. The minimum Gasteiger partial charge on any atom is -0.361 e. The van der Waals surface area contributed by atoms with Gasteiger partial charge < -0.3 is 10.2 Å². The van der Waals surface area contributed by atoms with Gasteiger partial charge in [0.25, 0.3) is 5.56 Å². The first kappa shape index (κ1) is 21.5. The number of hydrogen-bond acceptors (Lipinski definition) is 4. The quantitative estimate of drug-likeness (QED) is 0.779. The second kappa shape index (κ2) is 8.50. The lowest BCUT2D eigenvalue weighted by atomic mass is 10.1. The molecule has 0 aliphatic carbocycles. The van der Waals surface area contributed by atoms with Crippen LogP contribution < -0.4 is 15.8 Å². The molecule has 1 N–H and O–H groups in total. The lowest BCUT2D eigenvalue weighted by Crippen LogP contribution is -2.46. The predicted octanol–water partition coefficient (Wildman–Crippen LogP) is 3.93. The van der Waals surface area contributed by atoms with Crippen molar-refractivity contribution in [2.24, 2.45) is 0 Å². The Labute approximate surface area is 173 Å². The highest BCUT2D eigenvalue weighted by Gasteiger charge is 2.18. The number of likely N-dealkylation sites (N-methyl/N-ethyl adjacent to an activating group) is 1. The average molecular weight is 432 g/mol. The lowest BCUT2D eigenvalue weighted by molar-refractivity contribution is -0.121. The second-order valence-corrected chi connectivity index (χ2v) is 8.16. The van der Waals surface area contributed by atoms with E-state index in [9.17, 15) is 9.59 Å². The summed E-state index contributed by atoms with van der Waals surface area (Å²) in [5.41, 5.74) is 0.276. The van der Waals surface area contributed by atoms with E-state index >= 15 is 0 Å². The topological polar surface area (TPSA) is 67.2 Å². The Hall–Kier alpha value is -1.76. The van der Waals surface area contributed by atoms with Crippen molar-refractivity contribution in [2.75, 3.05) is 18.0 Å². The maximum absolute atomic E-state index is 12.2. The van der Waals surface area contributed by atoms with Gasteiger partial charge in [-0.25, -0.2) is 0 Å². The molecule has 27 heavy (non-hydrogen) atoms. The highest BCUT2D eigenvalue weighted by Crippen LogP contribution is 2.28. The minimum absolute atomic E-state index is 0.0858. The zero-order valence-electron chi connectivity index (χ0n) is 15.5. The van der Waals surface area contributed by atoms with Gasteiger partial charge in [-0.05, 0) is 45.9 Å². The second-order valence-electron chi connectivity index (χ2n) is 6.97. The molecular weight excluding hydrogens is 411 g/mol. The molecule has 0 radical (unpaired) electrons. The number of anilines is 1. The molecule has 0 fully saturated rings. The summed E-state index contributed by atoms with van der Waals surface area (Å²) in [5, 5.41) is 7.27. The van der Waals surface area contributed by atoms with Crippen LogP contribution in [-0.4, -0.2) is 34.3 Å². The van der Waals surface area contributed by atoms with E-state index in [1.807, 2.05) is 32.6 Å². The van der Waals surface area contributed by atoms with E-state index in [1.54, 1.807) is 18.2 Å². The van der Waals surface area contributed by atoms with Crippen LogP contribution in [0.4, 0.5) is 5.69 Å². The first-order chi connectivity index (χ1) is 12.5. The molecule has 0 bridgehead atoms. The number of amides is 1. The molecule has 1 amide bonds. The molecular formula is C18H21Cl3N4O2. The molecule has 0 spiro atoms. The molecule has 1 aromatic heterocycles. The number of carbonyl (C=O) groups is 1. The van der Waals surface area contributed by atoms with Gasteiger partial charge in [-0.2, -0.15) is 9.78 Å². The van der Waals surface area contributed by atoms with E-state index in [0.717, 1.165) is 4.68 Å². The van der Waals surface area contributed by atoms with Gasteiger partial charge in [-0.3, -0.25) is 9.59 Å². The van der Waals surface area contributed by atoms with Gasteiger partial charge in [0.1, 0.15) is 5.02 Å². The highest BCUT2D eigenvalue weighted by molar-refractivity contribution is 6.41. The van der Waals surface area contributed by atoms with E-state index in [1.165, 1.54) is 6.20 Å². The Balaban J connectivity index is 2.31. The summed E-state index contributed by atoms with van der Waals surface area (Å²) in [6.07, 6.45) is 1.29. The highest BCUT2D eigenvalue weighted by atomic mass is 35.5. The zero-order chi connectivity index (χ0) is 20.4. The fraction of sp³-hybridized carbons (Fsp3) is 0.389. The molecule has 0 aliphatic heterocycles. The molecule has 0 saturated carbocycles. The Morgan fingerprint density at radius 2 is 1.89 bits per heavy atom. The SMILES string of the molecule is CCN(CC(=O)NC(C)(C)C)c1ccc(-n2ncc(Cl)c(Cl)c2=O)cc1Cl. The average Bonchev–Trinajstić information content (AvgIpc) is 2.56. The fourth-order valence-electron chi connectivity index (χ4n) is 2.48. The summed E-state index contributed by atoms with van der Waals surface area (Å²) >= 11 is 18.1. The standard InChI is InChI=1S/C18H21Cl3N4O2/c1-5-24(10-15(26)23-18(2,3)4)14-7-6-11(8-12(14)19)25-17(27)16(21)13(20)9-22-25/h6-9H,5,10H2,1-4H3,(H,23,26). The molecule has 0 aliphatic rings. The first-order valence-corrected chi connectivity index (χ1v) is 9.46. The molecule has 0 unspecified atom stereocenters. The predicted molar refractivity (Wildman–Crippen MR) is 111 cm³/mol. The van der Waals surface area contributed by atoms with Crippen LogP contribution in [0.2, 0.25) is 15.1 Å². The summed E-state index contributed by atoms with van der Waals surface area (Å²) in [6.45, 7) is 8.44. The molecule has 2 rings (SSSR count). The molecule has 2 aromatic rings. The molecule has 6 nitrogen and oxygen atoms in total. The third-order valence-corrected chi connectivity index (χ3v) is 4.67. The van der Waals surface area contributed by atoms with Crippen LogP contribution in [0.15, 0.2) is 29.2 Å². The van der Waals surface area contributed by atoms with Gasteiger partial charge in [-0.1, -0.05) is 34.8 Å². The van der Waals surface area contributed by atoms with E-state index in [-0.39, 0.29) is 28.0 Å². The van der Waals surface area contributed by atoms with Crippen LogP contribution in [0.5, 0.6) is 0 Å². The third kappa shape index (κ3) is 5.37. The van der Waals surface area contributed by atoms with Crippen molar-refractivity contribution in [3.05, 3.63) is 49.8 Å². The number of benzene rings is 1. The maximum atomic E-state index is 12.2. The Morgan fingerprint density at radius 1 is 1.22 bits per heavy atom. The van der Waals surface area contributed by atoms with Gasteiger partial charge in [0, 0.05) is 12.1 Å². The Kier molecular flexibility index (Phi) is 6.78. The summed E-state index contributed by atoms with van der Waals surface area (Å²) in [6, 6.07) is 5.02. The van der Waals surface area contributed by atoms with Crippen molar-refractivity contribution in [1.29, 1.82) is 0 Å². The van der Waals surface area contributed by atoms with Crippen LogP contribution in [-0.2, 0) is 4.79 Å². The number of carbonyl (C=O) groups excluding carboxylic acids is 1. The number of aromatic nitrogens is 2. The Bertz CT molecular complexity index is 906. The van der Waals surface area contributed by atoms with Crippen molar-refractivity contribution in [2.45, 2.75) is 33.2 Å². The summed E-state index contributed by atoms with van der Waals surface area (Å²) in [4.78, 5) is 26.3. The van der Waals surface area contributed by atoms with Crippen molar-refractivity contribution in [1.82, 2.24) is 15.1 Å². The van der Waals surface area contributed by atoms with Crippen LogP contribution in [0.25, 0.3) is 5.69 Å². The van der Waals surface area contributed by atoms with Gasteiger partial charge in [0.15, 0.2) is 0 Å². The third-order valence-electron chi connectivity index (χ3n) is 3.62. The van der Waals surface area contributed by atoms with Crippen LogP contribution in [0, 0.1) is 0 Å². The molecule has 146 valence electrons. The first-order valence-electron chi connectivity index (χ1n) is 8.32. The van der Waals surface area contributed by atoms with E-state index < -0.39 is 5.56 Å². The van der Waals surface area contributed by atoms with E-state index in [2.05, 4.69) is 10.4 Å². The molecule has 1 heterocycles. The van der Waals surface area contributed by atoms with E-state index in [0.29, 0.717) is 22.9 Å². The number of halogens is 3. The minimum atomic E-state index is -0.537. The summed E-state index contributed by atoms with van der Waals surface area (Å²) in [7, 11) is 0. The smallest absolute Gasteiger partial charge is 0.291 e. The van der Waals surface area contributed by atoms with E-state index in [4.69, 9.17) is 34.8 Å². The Morgan fingerprint density at radius 3 is 2.44 bits per heavy atom. The van der Waals surface area contributed by atoms with Crippen molar-refractivity contribution >= 4 is 46.4 Å². The summed E-state index contributed by atoms with van der Waals surface area (Å²) < 4.78 is 1.12. The van der Waals surface area contributed by atoms with Gasteiger partial charge in [0.05, 0.1) is 34.2 Å². The zero-order valence-corrected chi connectivity index (χ0v) is 17.8. The largest absolute Gasteiger partial charge is 0.361 e. The number of nitrogens with one attached hydrogen (secondary N) is 1. The number of nitrogens with zero attached hydrogens (tertiary/aromatic N) is 3. The van der Waals surface area contributed by atoms with Crippen molar-refractivity contribution in [3.63, 3.8) is 0 Å². The number of hydrogen-bond donors (Lipinski definition) is 1. The number of rotatable bonds is 5. The summed E-state index contributed by atoms with van der Waals surface area (Å²) in [5.74, 6) is -0.105. The van der Waals surface area contributed by atoms with Gasteiger partial charge in [0.2, 0.25) is 5.91 Å². The van der Waals surface area contributed by atoms with Crippen LogP contribution in [0.3, 0.4) is 0 Å². The molecule has 1 aromatic carbocycles. The molecule has 0 saturated heterocycles.